The Labute approximate surface area is 356 Å². The highest BCUT2D eigenvalue weighted by atomic mass is 16.5. The van der Waals surface area contributed by atoms with Crippen LogP contribution < -0.4 is 10.6 Å². The summed E-state index contributed by atoms with van der Waals surface area (Å²) in [5.41, 5.74) is 9.37. The molecule has 4 saturated heterocycles. The van der Waals surface area contributed by atoms with E-state index in [0.29, 0.717) is 25.2 Å². The maximum absolute atomic E-state index is 13.8. The molecule has 4 N–H and O–H groups in total. The fraction of sp³-hybridized carbons (Fsp3) is 0.522. The number of H-pyrrole nitrogens is 2. The first-order chi connectivity index (χ1) is 29.3. The molecule has 0 radical (unpaired) electrons. The number of nitrogens with one attached hydrogen (secondary N) is 4. The van der Waals surface area contributed by atoms with Gasteiger partial charge in [-0.05, 0) is 85.1 Å². The Bertz CT molecular complexity index is 2350. The number of alkyl carbamates (subject to hydrolysis) is 2. The molecule has 4 amide bonds. The molecule has 0 bridgehead atoms. The number of methoxy groups -OCH3 is 2. The average molecular weight is 832 g/mol. The highest BCUT2D eigenvalue weighted by molar-refractivity contribution is 5.87. The van der Waals surface area contributed by atoms with Crippen LogP contribution in [0, 0.1) is 11.8 Å². The van der Waals surface area contributed by atoms with E-state index in [-0.39, 0.29) is 41.3 Å². The van der Waals surface area contributed by atoms with Gasteiger partial charge >= 0.3 is 12.2 Å². The number of aromatic nitrogens is 4. The van der Waals surface area contributed by atoms with Crippen molar-refractivity contribution in [3.63, 3.8) is 0 Å². The van der Waals surface area contributed by atoms with Crippen LogP contribution in [0.5, 0.6) is 0 Å². The van der Waals surface area contributed by atoms with Gasteiger partial charge in [0.2, 0.25) is 11.8 Å². The van der Waals surface area contributed by atoms with Crippen molar-refractivity contribution >= 4 is 24.0 Å². The lowest BCUT2D eigenvalue weighted by Gasteiger charge is -2.65. The number of hydrogen-bond acceptors (Lipinski definition) is 9. The molecule has 7 heterocycles. The summed E-state index contributed by atoms with van der Waals surface area (Å²) in [6.07, 6.45) is 8.05. The lowest BCUT2D eigenvalue weighted by atomic mass is 9.68. The summed E-state index contributed by atoms with van der Waals surface area (Å²) in [6.45, 7) is 11.2. The molecule has 2 aromatic carbocycles. The van der Waals surface area contributed by atoms with Crippen molar-refractivity contribution in [2.45, 2.75) is 115 Å². The summed E-state index contributed by atoms with van der Waals surface area (Å²) < 4.78 is 9.61. The molecule has 0 aliphatic carbocycles. The van der Waals surface area contributed by atoms with Gasteiger partial charge in [-0.3, -0.25) is 14.5 Å². The minimum Gasteiger partial charge on any atom is -0.453 e. The maximum Gasteiger partial charge on any atom is 0.407 e. The molecule has 322 valence electrons. The fourth-order valence-corrected chi connectivity index (χ4v) is 10.9. The number of rotatable bonds is 11. The maximum atomic E-state index is 13.8. The highest BCUT2D eigenvalue weighted by Crippen LogP contribution is 2.71. The lowest BCUT2D eigenvalue weighted by Crippen LogP contribution is -2.66. The number of carbonyl (C=O) groups is 4. The summed E-state index contributed by atoms with van der Waals surface area (Å²) in [4.78, 5) is 74.8. The van der Waals surface area contributed by atoms with Gasteiger partial charge in [-0.1, -0.05) is 64.1 Å². The second-order valence-corrected chi connectivity index (χ2v) is 18.4. The van der Waals surface area contributed by atoms with Crippen molar-refractivity contribution in [2.75, 3.05) is 27.3 Å². The first-order valence-electron chi connectivity index (χ1n) is 21.8. The third-order valence-electron chi connectivity index (χ3n) is 14.0. The number of hydrogen-bond donors (Lipinski definition) is 4. The fourth-order valence-electron chi connectivity index (χ4n) is 10.9. The number of imidazole rings is 2. The van der Waals surface area contributed by atoms with Crippen LogP contribution in [0.25, 0.3) is 33.6 Å². The van der Waals surface area contributed by atoms with Crippen molar-refractivity contribution in [3.8, 4) is 33.6 Å². The van der Waals surface area contributed by atoms with E-state index in [1.54, 1.807) is 0 Å². The molecule has 61 heavy (non-hydrogen) atoms. The average Bonchev–Trinajstić information content (AvgIpc) is 4.10. The summed E-state index contributed by atoms with van der Waals surface area (Å²) in [6, 6.07) is 12.0. The van der Waals surface area contributed by atoms with E-state index in [2.05, 4.69) is 68.8 Å². The third kappa shape index (κ3) is 6.85. The van der Waals surface area contributed by atoms with E-state index in [1.165, 1.54) is 30.9 Å². The molecule has 2 aromatic heterocycles. The molecule has 7 atom stereocenters. The normalized spacial score (nSPS) is 24.8. The van der Waals surface area contributed by atoms with Crippen LogP contribution in [0.15, 0.2) is 48.8 Å². The van der Waals surface area contributed by atoms with Crippen molar-refractivity contribution in [3.05, 3.63) is 71.6 Å². The third-order valence-corrected chi connectivity index (χ3v) is 14.0. The van der Waals surface area contributed by atoms with E-state index in [1.807, 2.05) is 49.9 Å². The van der Waals surface area contributed by atoms with E-state index in [0.717, 1.165) is 78.3 Å². The molecule has 5 aliphatic heterocycles. The van der Waals surface area contributed by atoms with Crippen LogP contribution in [0.3, 0.4) is 0 Å². The standard InChI is InChI=1S/C46H57N9O6/c1-24(2)38(51-44(58)60-6)42(56)53-18-8-10-32(53)40-47-22-30(49-40)27-14-12-26(13-15-27)28-16-17-29(37-35-21-46(5)20-34(36(28)37)55(35)46)31-23-48-41(50-31)33-11-9-19-54(33)43(57)39(25(3)4)52-45(59)61-7/h12-17,22-25,32-35,38-39H,8-11,18-21H2,1-7H3,(H,47,49)(H,48,50)(H,51,58)(H,52,59). The van der Waals surface area contributed by atoms with Crippen LogP contribution in [0.4, 0.5) is 9.59 Å². The number of fused-ring (bicyclic) bond motifs is 3. The Kier molecular flexibility index (Phi) is 10.4. The second-order valence-electron chi connectivity index (χ2n) is 18.4. The molecule has 4 fully saturated rings. The number of benzene rings is 2. The molecule has 4 aromatic rings. The van der Waals surface area contributed by atoms with Gasteiger partial charge in [0.25, 0.3) is 0 Å². The minimum absolute atomic E-state index is 0.107. The largest absolute Gasteiger partial charge is 0.453 e. The number of ether oxygens (including phenoxy) is 2. The van der Waals surface area contributed by atoms with Gasteiger partial charge in [-0.2, -0.15) is 0 Å². The smallest absolute Gasteiger partial charge is 0.407 e. The van der Waals surface area contributed by atoms with Crippen molar-refractivity contribution in [1.82, 2.24) is 45.3 Å². The topological polar surface area (TPSA) is 178 Å². The lowest BCUT2D eigenvalue weighted by molar-refractivity contribution is -0.177. The summed E-state index contributed by atoms with van der Waals surface area (Å²) in [5.74, 6) is 1.03. The monoisotopic (exact) mass is 831 g/mol. The molecule has 15 nitrogen and oxygen atoms in total. The number of amides is 4. The Hall–Kier alpha value is -5.70. The minimum atomic E-state index is -0.691. The molecule has 9 rings (SSSR count). The van der Waals surface area contributed by atoms with Gasteiger partial charge in [0, 0.05) is 36.3 Å². The van der Waals surface area contributed by atoms with E-state index in [4.69, 9.17) is 19.4 Å². The SMILES string of the molecule is COC(=O)NC(C(=O)N1CCCC1c1ncc(-c2ccc(-c3ccc(-c4cnc(C5CCCN5C(=O)C(NC(=O)OC)C(C)C)[nH]4)c4c3C3CC5(C)CC4N35)cc2)[nH]1)C(C)C. The van der Waals surface area contributed by atoms with Crippen molar-refractivity contribution < 1.29 is 28.7 Å². The molecular weight excluding hydrogens is 775 g/mol. The van der Waals surface area contributed by atoms with Gasteiger partial charge < -0.3 is 39.9 Å². The van der Waals surface area contributed by atoms with Crippen LogP contribution in [0.2, 0.25) is 0 Å². The van der Waals surface area contributed by atoms with Gasteiger partial charge in [0.05, 0.1) is 50.1 Å². The van der Waals surface area contributed by atoms with Gasteiger partial charge in [0.1, 0.15) is 23.7 Å². The van der Waals surface area contributed by atoms with Gasteiger partial charge in [-0.25, -0.2) is 19.6 Å². The Morgan fingerprint density at radius 1 is 0.672 bits per heavy atom. The zero-order valence-corrected chi connectivity index (χ0v) is 36.1. The molecule has 5 aliphatic rings. The molecule has 0 saturated carbocycles. The van der Waals surface area contributed by atoms with Crippen LogP contribution in [0.1, 0.15) is 120 Å². The molecular formula is C46H57N9O6. The highest BCUT2D eigenvalue weighted by Gasteiger charge is 2.66. The Balaban J connectivity index is 0.963. The zero-order valence-electron chi connectivity index (χ0n) is 36.1. The predicted molar refractivity (Wildman–Crippen MR) is 228 cm³/mol. The molecule has 7 unspecified atom stereocenters. The Morgan fingerprint density at radius 3 is 1.62 bits per heavy atom. The number of piperidine rings is 1. The van der Waals surface area contributed by atoms with E-state index in [9.17, 15) is 19.2 Å². The van der Waals surface area contributed by atoms with Crippen LogP contribution in [-0.2, 0) is 19.1 Å². The number of aromatic amines is 2. The Morgan fingerprint density at radius 2 is 1.13 bits per heavy atom. The second kappa shape index (κ2) is 15.6. The zero-order chi connectivity index (χ0) is 42.9. The van der Waals surface area contributed by atoms with E-state index < -0.39 is 24.3 Å². The summed E-state index contributed by atoms with van der Waals surface area (Å²) in [5, 5.41) is 5.46. The van der Waals surface area contributed by atoms with Crippen molar-refractivity contribution in [1.29, 1.82) is 0 Å². The van der Waals surface area contributed by atoms with Crippen LogP contribution in [-0.4, -0.2) is 104 Å². The summed E-state index contributed by atoms with van der Waals surface area (Å²) >= 11 is 0. The summed E-state index contributed by atoms with van der Waals surface area (Å²) in [7, 11) is 2.60. The molecule has 0 spiro atoms. The number of nitrogens with zero attached hydrogens (tertiary/aromatic N) is 5. The first kappa shape index (κ1) is 40.7. The van der Waals surface area contributed by atoms with E-state index >= 15 is 0 Å². The number of carbonyl (C=O) groups excluding carboxylic acids is 4. The van der Waals surface area contributed by atoms with Crippen LogP contribution >= 0.6 is 0 Å². The predicted octanol–water partition coefficient (Wildman–Crippen LogP) is 7.19. The quantitative estimate of drug-likeness (QED) is 0.122. The van der Waals surface area contributed by atoms with Gasteiger partial charge in [0.15, 0.2) is 0 Å². The van der Waals surface area contributed by atoms with Gasteiger partial charge in [-0.15, -0.1) is 0 Å². The molecule has 15 heteroatoms. The number of likely N-dealkylation sites (tertiary alicyclic amines) is 2. The van der Waals surface area contributed by atoms with Crippen molar-refractivity contribution in [2.24, 2.45) is 11.8 Å². The first-order valence-corrected chi connectivity index (χ1v) is 21.8.